The number of hydrogen-bond acceptors (Lipinski definition) is 2. The third kappa shape index (κ3) is 2.64. The first kappa shape index (κ1) is 14.0. The Hall–Kier alpha value is -1.40. The average Bonchev–Trinajstić information content (AvgIpc) is 2.89. The topological polar surface area (TPSA) is 29.4 Å². The van der Waals surface area contributed by atoms with E-state index in [1.54, 1.807) is 6.08 Å². The Morgan fingerprint density at radius 2 is 1.79 bits per heavy atom. The van der Waals surface area contributed by atoms with Gasteiger partial charge in [0.1, 0.15) is 0 Å². The first-order valence-electron chi connectivity index (χ1n) is 7.24. The second-order valence-corrected chi connectivity index (χ2v) is 6.26. The van der Waals surface area contributed by atoms with Gasteiger partial charge < -0.3 is 0 Å². The van der Waals surface area contributed by atoms with E-state index in [-0.39, 0.29) is 11.0 Å². The summed E-state index contributed by atoms with van der Waals surface area (Å²) in [6.07, 6.45) is 7.13. The molecule has 0 bridgehead atoms. The Morgan fingerprint density at radius 1 is 1.21 bits per heavy atom. The average molecular weight is 257 g/mol. The molecular weight excluding hydrogens is 234 g/mol. The van der Waals surface area contributed by atoms with E-state index >= 15 is 0 Å². The van der Waals surface area contributed by atoms with Gasteiger partial charge in [0.15, 0.2) is 0 Å². The molecule has 0 radical (unpaired) electrons. The van der Waals surface area contributed by atoms with E-state index in [0.717, 1.165) is 32.1 Å². The molecule has 0 heterocycles. The SMILES string of the molecule is CCC(C)(C)c1ccc(C2(N=C=O)CCCC2)cc1. The summed E-state index contributed by atoms with van der Waals surface area (Å²) in [4.78, 5) is 14.9. The molecule has 2 nitrogen and oxygen atoms in total. The lowest BCUT2D eigenvalue weighted by atomic mass is 9.80. The molecule has 1 aliphatic carbocycles. The van der Waals surface area contributed by atoms with Gasteiger partial charge in [0, 0.05) is 0 Å². The predicted octanol–water partition coefficient (Wildman–Crippen LogP) is 4.48. The van der Waals surface area contributed by atoms with Gasteiger partial charge in [0.2, 0.25) is 6.08 Å². The zero-order valence-corrected chi connectivity index (χ0v) is 12.2. The molecule has 1 aromatic rings. The second-order valence-electron chi connectivity index (χ2n) is 6.26. The number of benzene rings is 1. The monoisotopic (exact) mass is 257 g/mol. The molecule has 2 rings (SSSR count). The summed E-state index contributed by atoms with van der Waals surface area (Å²) in [6.45, 7) is 6.73. The molecule has 0 spiro atoms. The highest BCUT2D eigenvalue weighted by molar-refractivity contribution is 5.40. The quantitative estimate of drug-likeness (QED) is 0.577. The first-order valence-corrected chi connectivity index (χ1v) is 7.24. The maximum Gasteiger partial charge on any atom is 0.235 e. The lowest BCUT2D eigenvalue weighted by molar-refractivity contribution is 0.454. The van der Waals surface area contributed by atoms with Gasteiger partial charge in [-0.3, -0.25) is 0 Å². The molecule has 0 unspecified atom stereocenters. The third-order valence-corrected chi connectivity index (χ3v) is 4.78. The van der Waals surface area contributed by atoms with E-state index in [0.29, 0.717) is 0 Å². The van der Waals surface area contributed by atoms with Crippen LogP contribution in [0, 0.1) is 0 Å². The number of nitrogens with zero attached hydrogens (tertiary/aromatic N) is 1. The van der Waals surface area contributed by atoms with E-state index in [9.17, 15) is 4.79 Å². The molecule has 0 N–H and O–H groups in total. The predicted molar refractivity (Wildman–Crippen MR) is 78.0 cm³/mol. The van der Waals surface area contributed by atoms with Crippen molar-refractivity contribution in [3.05, 3.63) is 35.4 Å². The molecule has 0 saturated heterocycles. The van der Waals surface area contributed by atoms with E-state index in [1.165, 1.54) is 11.1 Å². The molecule has 1 fully saturated rings. The van der Waals surface area contributed by atoms with Crippen molar-refractivity contribution in [1.29, 1.82) is 0 Å². The molecule has 0 aromatic heterocycles. The normalized spacial score (nSPS) is 18.1. The zero-order valence-electron chi connectivity index (χ0n) is 12.2. The van der Waals surface area contributed by atoms with Crippen LogP contribution in [0.3, 0.4) is 0 Å². The van der Waals surface area contributed by atoms with Crippen LogP contribution in [0.25, 0.3) is 0 Å². The van der Waals surface area contributed by atoms with Gasteiger partial charge in [0.25, 0.3) is 0 Å². The molecule has 1 aromatic carbocycles. The van der Waals surface area contributed by atoms with Gasteiger partial charge in [-0.25, -0.2) is 4.79 Å². The Morgan fingerprint density at radius 3 is 2.26 bits per heavy atom. The van der Waals surface area contributed by atoms with Crippen molar-refractivity contribution in [3.8, 4) is 0 Å². The van der Waals surface area contributed by atoms with Crippen LogP contribution in [-0.2, 0) is 15.7 Å². The molecule has 1 aliphatic rings. The van der Waals surface area contributed by atoms with E-state index in [4.69, 9.17) is 0 Å². The lowest BCUT2D eigenvalue weighted by Crippen LogP contribution is -2.20. The molecule has 0 aliphatic heterocycles. The van der Waals surface area contributed by atoms with Crippen molar-refractivity contribution in [3.63, 3.8) is 0 Å². The summed E-state index contributed by atoms with van der Waals surface area (Å²) in [5.41, 5.74) is 2.43. The van der Waals surface area contributed by atoms with Gasteiger partial charge in [-0.2, -0.15) is 4.99 Å². The second kappa shape index (κ2) is 5.30. The van der Waals surface area contributed by atoms with Gasteiger partial charge in [0.05, 0.1) is 5.54 Å². The number of hydrogen-bond donors (Lipinski definition) is 0. The Bertz CT molecular complexity index is 474. The standard InChI is InChI=1S/C17H23NO/c1-4-16(2,3)14-7-9-15(10-8-14)17(18-13-19)11-5-6-12-17/h7-10H,4-6,11-12H2,1-3H3. The van der Waals surface area contributed by atoms with Crippen molar-refractivity contribution < 1.29 is 4.79 Å². The fraction of sp³-hybridized carbons (Fsp3) is 0.588. The van der Waals surface area contributed by atoms with Crippen LogP contribution in [0.1, 0.15) is 64.0 Å². The maximum atomic E-state index is 10.7. The van der Waals surface area contributed by atoms with Crippen molar-refractivity contribution in [2.24, 2.45) is 4.99 Å². The van der Waals surface area contributed by atoms with E-state index < -0.39 is 0 Å². The van der Waals surface area contributed by atoms with Crippen LogP contribution < -0.4 is 0 Å². The van der Waals surface area contributed by atoms with Crippen LogP contribution >= 0.6 is 0 Å². The Balaban J connectivity index is 2.34. The summed E-state index contributed by atoms with van der Waals surface area (Å²) in [6, 6.07) is 8.69. The van der Waals surface area contributed by atoms with Gasteiger partial charge in [-0.1, -0.05) is 57.9 Å². The Labute approximate surface area is 115 Å². The smallest absolute Gasteiger partial charge is 0.211 e. The fourth-order valence-electron chi connectivity index (χ4n) is 2.95. The summed E-state index contributed by atoms with van der Waals surface area (Å²) in [5, 5.41) is 0. The minimum Gasteiger partial charge on any atom is -0.211 e. The summed E-state index contributed by atoms with van der Waals surface area (Å²) >= 11 is 0. The Kier molecular flexibility index (Phi) is 3.91. The van der Waals surface area contributed by atoms with Crippen molar-refractivity contribution in [2.75, 3.05) is 0 Å². The fourth-order valence-corrected chi connectivity index (χ4v) is 2.95. The highest BCUT2D eigenvalue weighted by Gasteiger charge is 2.35. The number of carbonyl (C=O) groups excluding carboxylic acids is 1. The number of isocyanates is 1. The van der Waals surface area contributed by atoms with Crippen LogP contribution in [-0.4, -0.2) is 6.08 Å². The number of aliphatic imine (C=N–C) groups is 1. The van der Waals surface area contributed by atoms with E-state index in [2.05, 4.69) is 50.0 Å². The zero-order chi connectivity index (χ0) is 13.9. The molecule has 2 heteroatoms. The van der Waals surface area contributed by atoms with Crippen LogP contribution in [0.2, 0.25) is 0 Å². The highest BCUT2D eigenvalue weighted by Crippen LogP contribution is 2.42. The molecular formula is C17H23NO. The minimum atomic E-state index is -0.295. The maximum absolute atomic E-state index is 10.7. The van der Waals surface area contributed by atoms with Gasteiger partial charge in [-0.05, 0) is 35.8 Å². The van der Waals surface area contributed by atoms with Crippen molar-refractivity contribution in [2.45, 2.75) is 63.8 Å². The van der Waals surface area contributed by atoms with E-state index in [1.807, 2.05) is 0 Å². The molecule has 1 saturated carbocycles. The molecule has 0 atom stereocenters. The minimum absolute atomic E-state index is 0.204. The summed E-state index contributed by atoms with van der Waals surface area (Å²) < 4.78 is 0. The van der Waals surface area contributed by atoms with Crippen LogP contribution in [0.5, 0.6) is 0 Å². The van der Waals surface area contributed by atoms with Gasteiger partial charge >= 0.3 is 0 Å². The summed E-state index contributed by atoms with van der Waals surface area (Å²) in [7, 11) is 0. The largest absolute Gasteiger partial charge is 0.235 e. The molecule has 102 valence electrons. The molecule has 19 heavy (non-hydrogen) atoms. The first-order chi connectivity index (χ1) is 9.04. The summed E-state index contributed by atoms with van der Waals surface area (Å²) in [5.74, 6) is 0. The van der Waals surface area contributed by atoms with Crippen molar-refractivity contribution in [1.82, 2.24) is 0 Å². The van der Waals surface area contributed by atoms with Crippen LogP contribution in [0.4, 0.5) is 0 Å². The molecule has 0 amide bonds. The van der Waals surface area contributed by atoms with Crippen molar-refractivity contribution >= 4 is 6.08 Å². The highest BCUT2D eigenvalue weighted by atomic mass is 16.1. The third-order valence-electron chi connectivity index (χ3n) is 4.78. The lowest BCUT2D eigenvalue weighted by Gasteiger charge is -2.26. The van der Waals surface area contributed by atoms with Crippen LogP contribution in [0.15, 0.2) is 29.3 Å². The van der Waals surface area contributed by atoms with Gasteiger partial charge in [-0.15, -0.1) is 0 Å². The number of rotatable bonds is 4.